The van der Waals surface area contributed by atoms with Gasteiger partial charge in [-0.25, -0.2) is 0 Å². The van der Waals surface area contributed by atoms with Gasteiger partial charge >= 0.3 is 0 Å². The average molecular weight is 347 g/mol. The van der Waals surface area contributed by atoms with E-state index in [4.69, 9.17) is 9.68 Å². The number of para-hydroxylation sites is 1. The lowest BCUT2D eigenvalue weighted by Gasteiger charge is -2.15. The lowest BCUT2D eigenvalue weighted by atomic mass is 10.1. The molecule has 1 N–H and O–H groups in total. The number of rotatable bonds is 5. The van der Waals surface area contributed by atoms with Crippen molar-refractivity contribution in [2.75, 3.05) is 14.1 Å². The Balaban J connectivity index is 1.88. The van der Waals surface area contributed by atoms with Crippen LogP contribution in [0.2, 0.25) is 0 Å². The van der Waals surface area contributed by atoms with Gasteiger partial charge in [0, 0.05) is 17.5 Å². The first-order valence-electron chi connectivity index (χ1n) is 8.45. The minimum Gasteiger partial charge on any atom is -0.451 e. The fourth-order valence-corrected chi connectivity index (χ4v) is 2.95. The molecule has 0 bridgehead atoms. The topological polar surface area (TPSA) is 69.3 Å². The largest absolute Gasteiger partial charge is 0.451 e. The molecular weight excluding hydrogens is 326 g/mol. The summed E-state index contributed by atoms with van der Waals surface area (Å²) in [5, 5.41) is 12.8. The highest BCUT2D eigenvalue weighted by molar-refractivity contribution is 5.99. The highest BCUT2D eigenvalue weighted by Gasteiger charge is 2.22. The normalized spacial score (nSPS) is 12.1. The number of benzene rings is 2. The SMILES string of the molecule is C[C@H](NC(=O)c1oc2ccccc2c1CN(C)C)c1ccc(C#N)cc1. The summed E-state index contributed by atoms with van der Waals surface area (Å²) in [4.78, 5) is 14.9. The van der Waals surface area contributed by atoms with Gasteiger partial charge in [-0.15, -0.1) is 0 Å². The Morgan fingerprint density at radius 2 is 1.88 bits per heavy atom. The summed E-state index contributed by atoms with van der Waals surface area (Å²) >= 11 is 0. The van der Waals surface area contributed by atoms with Crippen molar-refractivity contribution in [1.82, 2.24) is 10.2 Å². The molecule has 1 heterocycles. The van der Waals surface area contributed by atoms with Gasteiger partial charge in [-0.05, 0) is 44.8 Å². The Morgan fingerprint density at radius 3 is 2.54 bits per heavy atom. The summed E-state index contributed by atoms with van der Waals surface area (Å²) in [5.41, 5.74) is 3.12. The summed E-state index contributed by atoms with van der Waals surface area (Å²) in [6.07, 6.45) is 0. The minimum atomic E-state index is -0.241. The van der Waals surface area contributed by atoms with E-state index in [1.54, 1.807) is 12.1 Å². The quantitative estimate of drug-likeness (QED) is 0.761. The average Bonchev–Trinajstić information content (AvgIpc) is 3.00. The lowest BCUT2D eigenvalue weighted by molar-refractivity contribution is 0.0912. The van der Waals surface area contributed by atoms with Crippen LogP contribution >= 0.6 is 0 Å². The molecule has 3 aromatic rings. The van der Waals surface area contributed by atoms with Crippen molar-refractivity contribution in [2.24, 2.45) is 0 Å². The van der Waals surface area contributed by atoms with Gasteiger partial charge in [-0.3, -0.25) is 4.79 Å². The van der Waals surface area contributed by atoms with Crippen LogP contribution < -0.4 is 5.32 Å². The van der Waals surface area contributed by atoms with Gasteiger partial charge in [0.05, 0.1) is 17.7 Å². The maximum atomic E-state index is 12.8. The third-order valence-electron chi connectivity index (χ3n) is 4.27. The fourth-order valence-electron chi connectivity index (χ4n) is 2.95. The van der Waals surface area contributed by atoms with Crippen molar-refractivity contribution in [1.29, 1.82) is 5.26 Å². The first-order valence-corrected chi connectivity index (χ1v) is 8.45. The first kappa shape index (κ1) is 17.7. The van der Waals surface area contributed by atoms with Crippen LogP contribution in [0.25, 0.3) is 11.0 Å². The summed E-state index contributed by atoms with van der Waals surface area (Å²) in [6.45, 7) is 2.53. The van der Waals surface area contributed by atoms with Crippen molar-refractivity contribution in [3.8, 4) is 6.07 Å². The molecule has 0 radical (unpaired) electrons. The fraction of sp³-hybridized carbons (Fsp3) is 0.238. The molecule has 3 rings (SSSR count). The van der Waals surface area contributed by atoms with E-state index in [0.717, 1.165) is 16.5 Å². The van der Waals surface area contributed by atoms with E-state index in [9.17, 15) is 4.79 Å². The van der Waals surface area contributed by atoms with Crippen LogP contribution in [0.15, 0.2) is 52.9 Å². The summed E-state index contributed by atoms with van der Waals surface area (Å²) in [7, 11) is 3.92. The maximum absolute atomic E-state index is 12.8. The third-order valence-corrected chi connectivity index (χ3v) is 4.27. The molecule has 132 valence electrons. The number of furan rings is 1. The van der Waals surface area contributed by atoms with Crippen molar-refractivity contribution < 1.29 is 9.21 Å². The predicted molar refractivity (Wildman–Crippen MR) is 101 cm³/mol. The van der Waals surface area contributed by atoms with Crippen LogP contribution in [-0.2, 0) is 6.54 Å². The van der Waals surface area contributed by atoms with Gasteiger partial charge < -0.3 is 14.6 Å². The Kier molecular flexibility index (Phi) is 5.06. The monoisotopic (exact) mass is 347 g/mol. The molecule has 1 aromatic heterocycles. The third kappa shape index (κ3) is 3.61. The highest BCUT2D eigenvalue weighted by Crippen LogP contribution is 2.27. The van der Waals surface area contributed by atoms with E-state index in [-0.39, 0.29) is 11.9 Å². The molecule has 1 amide bonds. The second-order valence-corrected chi connectivity index (χ2v) is 6.57. The van der Waals surface area contributed by atoms with Crippen molar-refractivity contribution in [3.05, 3.63) is 71.0 Å². The van der Waals surface area contributed by atoms with Crippen LogP contribution in [0, 0.1) is 11.3 Å². The van der Waals surface area contributed by atoms with E-state index in [2.05, 4.69) is 11.4 Å². The van der Waals surface area contributed by atoms with Crippen molar-refractivity contribution >= 4 is 16.9 Å². The molecular formula is C21H21N3O2. The molecule has 0 saturated carbocycles. The van der Waals surface area contributed by atoms with Crippen LogP contribution in [0.3, 0.4) is 0 Å². The Morgan fingerprint density at radius 1 is 1.19 bits per heavy atom. The zero-order valence-corrected chi connectivity index (χ0v) is 15.1. The number of fused-ring (bicyclic) bond motifs is 1. The molecule has 0 aliphatic heterocycles. The minimum absolute atomic E-state index is 0.198. The number of nitriles is 1. The van der Waals surface area contributed by atoms with Gasteiger partial charge in [-0.2, -0.15) is 5.26 Å². The zero-order valence-electron chi connectivity index (χ0n) is 15.1. The van der Waals surface area contributed by atoms with Crippen molar-refractivity contribution in [3.63, 3.8) is 0 Å². The molecule has 5 nitrogen and oxygen atoms in total. The molecule has 0 aliphatic rings. The standard InChI is InChI=1S/C21H21N3O2/c1-14(16-10-8-15(12-22)9-11-16)23-21(25)20-18(13-24(2)3)17-6-4-5-7-19(17)26-20/h4-11,14H,13H2,1-3H3,(H,23,25)/t14-/m0/s1. The highest BCUT2D eigenvalue weighted by atomic mass is 16.3. The maximum Gasteiger partial charge on any atom is 0.287 e. The van der Waals surface area contributed by atoms with E-state index in [1.165, 1.54) is 0 Å². The molecule has 0 unspecified atom stereocenters. The van der Waals surface area contributed by atoms with Gasteiger partial charge in [0.25, 0.3) is 5.91 Å². The van der Waals surface area contributed by atoms with Crippen LogP contribution in [0.4, 0.5) is 0 Å². The molecule has 0 spiro atoms. The van der Waals surface area contributed by atoms with Gasteiger partial charge in [-0.1, -0.05) is 30.3 Å². The van der Waals surface area contributed by atoms with E-state index < -0.39 is 0 Å². The zero-order chi connectivity index (χ0) is 18.7. The Hall–Kier alpha value is -3.10. The van der Waals surface area contributed by atoms with E-state index in [1.807, 2.05) is 62.3 Å². The van der Waals surface area contributed by atoms with E-state index >= 15 is 0 Å². The molecule has 1 atom stereocenters. The second-order valence-electron chi connectivity index (χ2n) is 6.57. The van der Waals surface area contributed by atoms with Crippen molar-refractivity contribution in [2.45, 2.75) is 19.5 Å². The summed E-state index contributed by atoms with van der Waals surface area (Å²) in [6, 6.07) is 16.8. The molecule has 2 aromatic carbocycles. The number of hydrogen-bond donors (Lipinski definition) is 1. The first-order chi connectivity index (χ1) is 12.5. The number of carbonyl (C=O) groups is 1. The number of nitrogens with zero attached hydrogens (tertiary/aromatic N) is 2. The second kappa shape index (κ2) is 7.42. The van der Waals surface area contributed by atoms with Crippen LogP contribution in [0.1, 0.15) is 40.2 Å². The molecule has 26 heavy (non-hydrogen) atoms. The van der Waals surface area contributed by atoms with Gasteiger partial charge in [0.1, 0.15) is 5.58 Å². The molecule has 0 saturated heterocycles. The number of carbonyl (C=O) groups excluding carboxylic acids is 1. The van der Waals surface area contributed by atoms with E-state index in [0.29, 0.717) is 23.5 Å². The van der Waals surface area contributed by atoms with Gasteiger partial charge in [0.15, 0.2) is 5.76 Å². The number of amides is 1. The summed E-state index contributed by atoms with van der Waals surface area (Å²) < 4.78 is 5.85. The lowest BCUT2D eigenvalue weighted by Crippen LogP contribution is -2.27. The van der Waals surface area contributed by atoms with Crippen LogP contribution in [-0.4, -0.2) is 24.9 Å². The van der Waals surface area contributed by atoms with Gasteiger partial charge in [0.2, 0.25) is 0 Å². The Labute approximate surface area is 152 Å². The van der Waals surface area contributed by atoms with Crippen LogP contribution in [0.5, 0.6) is 0 Å². The Bertz CT molecular complexity index is 965. The number of nitrogens with one attached hydrogen (secondary N) is 1. The predicted octanol–water partition coefficient (Wildman–Crippen LogP) is 3.86. The molecule has 0 fully saturated rings. The molecule has 0 aliphatic carbocycles. The molecule has 5 heteroatoms. The smallest absolute Gasteiger partial charge is 0.287 e. The summed E-state index contributed by atoms with van der Waals surface area (Å²) in [5.74, 6) is 0.107. The number of hydrogen-bond acceptors (Lipinski definition) is 4.